The highest BCUT2D eigenvalue weighted by atomic mass is 32.1. The molecule has 0 atom stereocenters. The molecule has 18 heavy (non-hydrogen) atoms. The van der Waals surface area contributed by atoms with E-state index in [2.05, 4.69) is 40.1 Å². The number of fused-ring (bicyclic) bond motifs is 1. The van der Waals surface area contributed by atoms with Gasteiger partial charge in [-0.3, -0.25) is 0 Å². The summed E-state index contributed by atoms with van der Waals surface area (Å²) in [5.74, 6) is 1.80. The monoisotopic (exact) mass is 259 g/mol. The third-order valence-electron chi connectivity index (χ3n) is 3.07. The minimum Gasteiger partial charge on any atom is -0.438 e. The fraction of sp³-hybridized carbons (Fsp3) is 0.214. The van der Waals surface area contributed by atoms with Crippen LogP contribution in [-0.2, 0) is 6.54 Å². The molecule has 3 nitrogen and oxygen atoms in total. The van der Waals surface area contributed by atoms with Crippen LogP contribution in [-0.4, -0.2) is 7.05 Å². The number of nitrogens with zero attached hydrogens (tertiary/aromatic N) is 2. The normalized spacial score (nSPS) is 15.9. The highest BCUT2D eigenvalue weighted by Gasteiger charge is 2.24. The zero-order chi connectivity index (χ0) is 12.5. The van der Waals surface area contributed by atoms with Crippen LogP contribution in [0.3, 0.4) is 0 Å². The maximum Gasteiger partial charge on any atom is 0.267 e. The highest BCUT2D eigenvalue weighted by molar-refractivity contribution is 7.10. The summed E-state index contributed by atoms with van der Waals surface area (Å²) in [6.45, 7) is 3.11. The first-order valence-corrected chi connectivity index (χ1v) is 6.87. The molecule has 0 N–H and O–H groups in total. The molecule has 2 aromatic rings. The lowest BCUT2D eigenvalue weighted by Crippen LogP contribution is -2.32. The van der Waals surface area contributed by atoms with Crippen molar-refractivity contribution in [2.24, 2.45) is 0 Å². The Balaban J connectivity index is 1.97. The minimum atomic E-state index is 0.876. The summed E-state index contributed by atoms with van der Waals surface area (Å²) in [6.07, 6.45) is 4.19. The van der Waals surface area contributed by atoms with Crippen LogP contribution in [0.25, 0.3) is 6.08 Å². The van der Waals surface area contributed by atoms with E-state index < -0.39 is 0 Å². The van der Waals surface area contributed by atoms with E-state index in [4.69, 9.17) is 4.74 Å². The average molecular weight is 259 g/mol. The van der Waals surface area contributed by atoms with Gasteiger partial charge in [-0.05, 0) is 19.1 Å². The molecule has 0 fully saturated rings. The number of anilines is 1. The minimum absolute atomic E-state index is 0.876. The molecule has 0 bridgehead atoms. The molecule has 1 aromatic heterocycles. The second kappa shape index (κ2) is 4.46. The number of thiazole rings is 1. The maximum absolute atomic E-state index is 5.87. The molecular weight excluding hydrogens is 244 g/mol. The molecule has 3 rings (SSSR count). The summed E-state index contributed by atoms with van der Waals surface area (Å²) >= 11 is 1.72. The summed E-state index contributed by atoms with van der Waals surface area (Å²) in [5.41, 5.74) is 1.11. The SMILES string of the molecule is CC[n+]1ccsc1C=C1Oc2ccccc2N1C. The fourth-order valence-electron chi connectivity index (χ4n) is 2.05. The van der Waals surface area contributed by atoms with E-state index in [-0.39, 0.29) is 0 Å². The van der Waals surface area contributed by atoms with Crippen LogP contribution in [0.5, 0.6) is 5.75 Å². The number of aromatic nitrogens is 1. The molecule has 1 aliphatic rings. The van der Waals surface area contributed by atoms with Crippen LogP contribution in [0.2, 0.25) is 0 Å². The van der Waals surface area contributed by atoms with Crippen molar-refractivity contribution >= 4 is 23.1 Å². The van der Waals surface area contributed by atoms with E-state index in [1.54, 1.807) is 11.3 Å². The van der Waals surface area contributed by atoms with Crippen molar-refractivity contribution in [1.29, 1.82) is 0 Å². The Kier molecular flexibility index (Phi) is 2.80. The van der Waals surface area contributed by atoms with Crippen molar-refractivity contribution in [2.75, 3.05) is 11.9 Å². The Hall–Kier alpha value is -1.81. The lowest BCUT2D eigenvalue weighted by molar-refractivity contribution is -0.690. The van der Waals surface area contributed by atoms with Gasteiger partial charge in [0.2, 0.25) is 5.88 Å². The molecule has 0 aliphatic carbocycles. The fourth-order valence-corrected chi connectivity index (χ4v) is 2.89. The van der Waals surface area contributed by atoms with E-state index >= 15 is 0 Å². The zero-order valence-electron chi connectivity index (χ0n) is 10.5. The number of ether oxygens (including phenoxy) is 1. The first-order valence-electron chi connectivity index (χ1n) is 5.99. The van der Waals surface area contributed by atoms with Crippen LogP contribution < -0.4 is 14.2 Å². The molecule has 4 heteroatoms. The van der Waals surface area contributed by atoms with Gasteiger partial charge in [0.1, 0.15) is 6.54 Å². The second-order valence-electron chi connectivity index (χ2n) is 4.14. The number of hydrogen-bond acceptors (Lipinski definition) is 3. The molecule has 1 aliphatic heterocycles. The lowest BCUT2D eigenvalue weighted by atomic mass is 10.3. The molecule has 1 aromatic carbocycles. The van der Waals surface area contributed by atoms with Crippen LogP contribution in [0, 0.1) is 0 Å². The van der Waals surface area contributed by atoms with Gasteiger partial charge in [0.15, 0.2) is 11.9 Å². The first kappa shape index (κ1) is 11.3. The van der Waals surface area contributed by atoms with Gasteiger partial charge in [0, 0.05) is 7.05 Å². The number of hydrogen-bond donors (Lipinski definition) is 0. The van der Waals surface area contributed by atoms with Gasteiger partial charge in [-0.15, -0.1) is 0 Å². The van der Waals surface area contributed by atoms with Crippen molar-refractivity contribution in [3.05, 3.63) is 46.7 Å². The summed E-state index contributed by atoms with van der Waals surface area (Å²) in [7, 11) is 2.03. The van der Waals surface area contributed by atoms with Gasteiger partial charge in [-0.1, -0.05) is 23.5 Å². The Labute approximate surface area is 111 Å². The van der Waals surface area contributed by atoms with Gasteiger partial charge in [-0.25, -0.2) is 0 Å². The maximum atomic E-state index is 5.87. The Morgan fingerprint density at radius 1 is 1.39 bits per heavy atom. The quantitative estimate of drug-likeness (QED) is 0.771. The van der Waals surface area contributed by atoms with Gasteiger partial charge < -0.3 is 9.64 Å². The lowest BCUT2D eigenvalue weighted by Gasteiger charge is -2.09. The predicted octanol–water partition coefficient (Wildman–Crippen LogP) is 2.88. The summed E-state index contributed by atoms with van der Waals surface area (Å²) in [6, 6.07) is 8.08. The molecule has 92 valence electrons. The molecule has 0 saturated carbocycles. The number of para-hydroxylation sites is 2. The number of rotatable bonds is 2. The topological polar surface area (TPSA) is 16.4 Å². The average Bonchev–Trinajstić information content (AvgIpc) is 2.96. The van der Waals surface area contributed by atoms with E-state index in [9.17, 15) is 0 Å². The van der Waals surface area contributed by atoms with Crippen molar-refractivity contribution in [3.63, 3.8) is 0 Å². The van der Waals surface area contributed by atoms with Gasteiger partial charge in [-0.2, -0.15) is 4.57 Å². The molecular formula is C14H15N2OS+. The third kappa shape index (κ3) is 1.78. The van der Waals surface area contributed by atoms with Crippen molar-refractivity contribution < 1.29 is 9.30 Å². The zero-order valence-corrected chi connectivity index (χ0v) is 11.3. The van der Waals surface area contributed by atoms with E-state index in [0.29, 0.717) is 0 Å². The Morgan fingerprint density at radius 3 is 3.00 bits per heavy atom. The molecule has 0 spiro atoms. The largest absolute Gasteiger partial charge is 0.438 e. The molecule has 0 saturated heterocycles. The molecule has 0 radical (unpaired) electrons. The smallest absolute Gasteiger partial charge is 0.267 e. The molecule has 2 heterocycles. The predicted molar refractivity (Wildman–Crippen MR) is 73.6 cm³/mol. The highest BCUT2D eigenvalue weighted by Crippen LogP contribution is 2.37. The molecule has 0 amide bonds. The summed E-state index contributed by atoms with van der Waals surface area (Å²) < 4.78 is 8.08. The van der Waals surface area contributed by atoms with E-state index in [1.807, 2.05) is 25.2 Å². The third-order valence-corrected chi connectivity index (χ3v) is 3.92. The number of benzene rings is 1. The first-order chi connectivity index (χ1) is 8.79. The summed E-state index contributed by atoms with van der Waals surface area (Å²) in [5, 5.41) is 3.30. The summed E-state index contributed by atoms with van der Waals surface area (Å²) in [4.78, 5) is 2.08. The van der Waals surface area contributed by atoms with Crippen LogP contribution in [0.15, 0.2) is 41.7 Å². The standard InChI is InChI=1S/C14H15N2OS/c1-3-16-8-9-18-14(16)10-13-15(2)11-6-4-5-7-12(11)17-13/h4-10H,3H2,1-2H3/q+1. The van der Waals surface area contributed by atoms with Crippen molar-refractivity contribution in [1.82, 2.24) is 0 Å². The van der Waals surface area contributed by atoms with Crippen LogP contribution >= 0.6 is 11.3 Å². The van der Waals surface area contributed by atoms with Gasteiger partial charge >= 0.3 is 0 Å². The molecule has 0 unspecified atom stereocenters. The van der Waals surface area contributed by atoms with E-state index in [1.165, 1.54) is 5.01 Å². The number of aryl methyl sites for hydroxylation is 1. The van der Waals surface area contributed by atoms with E-state index in [0.717, 1.165) is 23.9 Å². The van der Waals surface area contributed by atoms with Crippen LogP contribution in [0.4, 0.5) is 5.69 Å². The van der Waals surface area contributed by atoms with Crippen molar-refractivity contribution in [3.8, 4) is 5.75 Å². The van der Waals surface area contributed by atoms with Gasteiger partial charge in [0.05, 0.1) is 17.1 Å². The van der Waals surface area contributed by atoms with Crippen LogP contribution in [0.1, 0.15) is 11.9 Å². The van der Waals surface area contributed by atoms with Gasteiger partial charge in [0.25, 0.3) is 5.01 Å². The Bertz CT molecular complexity index is 603. The second-order valence-corrected chi connectivity index (χ2v) is 5.06. The Morgan fingerprint density at radius 2 is 2.22 bits per heavy atom. The van der Waals surface area contributed by atoms with Crippen molar-refractivity contribution in [2.45, 2.75) is 13.5 Å².